The first-order chi connectivity index (χ1) is 27.4. The number of benzene rings is 6. The van der Waals surface area contributed by atoms with Crippen molar-refractivity contribution in [1.82, 2.24) is 25.1 Å². The zero-order valence-corrected chi connectivity index (χ0v) is 31.3. The van der Waals surface area contributed by atoms with Gasteiger partial charge in [-0.2, -0.15) is 5.01 Å². The van der Waals surface area contributed by atoms with Crippen LogP contribution >= 0.6 is 0 Å². The monoisotopic (exact) mass is 744 g/mol. The second kappa shape index (κ2) is 16.1. The molecule has 2 aliphatic heterocycles. The fraction of sp³-hybridized carbons (Fsp3) is 0.217. The molecular weight excluding hydrogens is 701 g/mol. The maximum Gasteiger partial charge on any atom is 0.332 e. The highest BCUT2D eigenvalue weighted by Crippen LogP contribution is 2.32. The van der Waals surface area contributed by atoms with E-state index in [0.29, 0.717) is 37.3 Å². The minimum absolute atomic E-state index is 0.0194. The van der Waals surface area contributed by atoms with Gasteiger partial charge < -0.3 is 20.4 Å². The molecule has 56 heavy (non-hydrogen) atoms. The summed E-state index contributed by atoms with van der Waals surface area (Å²) >= 11 is 0. The van der Waals surface area contributed by atoms with Crippen molar-refractivity contribution in [3.8, 4) is 0 Å². The molecule has 0 unspecified atom stereocenters. The van der Waals surface area contributed by atoms with Crippen molar-refractivity contribution >= 4 is 51.0 Å². The molecule has 282 valence electrons. The minimum Gasteiger partial charge on any atom is -0.333 e. The number of nitrogens with zero attached hydrogens (tertiary/aromatic N) is 4. The van der Waals surface area contributed by atoms with Crippen LogP contribution < -0.4 is 10.6 Å². The summed E-state index contributed by atoms with van der Waals surface area (Å²) in [6.07, 6.45) is 0.405. The summed E-state index contributed by atoms with van der Waals surface area (Å²) in [5.74, 6) is -0.557. The van der Waals surface area contributed by atoms with Crippen LogP contribution in [0.5, 0.6) is 0 Å². The number of rotatable bonds is 11. The van der Waals surface area contributed by atoms with E-state index in [-0.39, 0.29) is 43.3 Å². The summed E-state index contributed by atoms with van der Waals surface area (Å²) in [6, 6.07) is 43.7. The number of piperazine rings is 1. The molecule has 0 aromatic heterocycles. The summed E-state index contributed by atoms with van der Waals surface area (Å²) in [5, 5.41) is 13.6. The van der Waals surface area contributed by atoms with Gasteiger partial charge in [-0.05, 0) is 62.9 Å². The van der Waals surface area contributed by atoms with Gasteiger partial charge in [0.05, 0.1) is 13.1 Å². The van der Waals surface area contributed by atoms with Gasteiger partial charge >= 0.3 is 6.03 Å². The molecule has 2 fully saturated rings. The van der Waals surface area contributed by atoms with Crippen molar-refractivity contribution in [2.24, 2.45) is 0 Å². The second-order valence-corrected chi connectivity index (χ2v) is 14.4. The van der Waals surface area contributed by atoms with Gasteiger partial charge in [-0.1, -0.05) is 128 Å². The number of nitrogens with one attached hydrogen (secondary N) is 2. The molecular formula is C46H44N6O4. The summed E-state index contributed by atoms with van der Waals surface area (Å²) in [5.41, 5.74) is 4.03. The lowest BCUT2D eigenvalue weighted by Gasteiger charge is -2.46. The van der Waals surface area contributed by atoms with Crippen molar-refractivity contribution in [3.05, 3.63) is 162 Å². The third kappa shape index (κ3) is 7.43. The molecule has 0 bridgehead atoms. The molecule has 2 saturated heterocycles. The molecule has 0 aliphatic carbocycles. The van der Waals surface area contributed by atoms with Crippen LogP contribution in [0.2, 0.25) is 0 Å². The molecule has 8 rings (SSSR count). The standard InChI is InChI=1S/C46H44N6O4/c1-2-26-50(46(56)47-28-33-12-4-3-5-13-33)51-31-43(53)52-41(45(55)49(30-42(51)52)29-36-18-10-16-34-14-6-8-19-38(34)36)27-32-22-24-37(25-23-32)48-44(54)40-21-11-17-35-15-7-9-20-39(35)40/h3-25,41-42H,2,26-31H2,1H3,(H,47,56)(H,48,54)/t41-,42+/m0/s1. The number of hydrogen-bond donors (Lipinski definition) is 2. The highest BCUT2D eigenvalue weighted by Gasteiger charge is 2.52. The summed E-state index contributed by atoms with van der Waals surface area (Å²) in [6.45, 7) is 3.34. The maximum atomic E-state index is 14.6. The van der Waals surface area contributed by atoms with Crippen molar-refractivity contribution in [2.45, 2.75) is 45.1 Å². The van der Waals surface area contributed by atoms with Crippen LogP contribution in [0.15, 0.2) is 140 Å². The van der Waals surface area contributed by atoms with Gasteiger partial charge in [0.1, 0.15) is 12.2 Å². The van der Waals surface area contributed by atoms with E-state index < -0.39 is 12.2 Å². The second-order valence-electron chi connectivity index (χ2n) is 14.4. The molecule has 2 atom stereocenters. The van der Waals surface area contributed by atoms with Gasteiger partial charge in [-0.25, -0.2) is 4.79 Å². The maximum absolute atomic E-state index is 14.6. The number of fused-ring (bicyclic) bond motifs is 3. The zero-order chi connectivity index (χ0) is 38.6. The number of carbonyl (C=O) groups excluding carboxylic acids is 4. The highest BCUT2D eigenvalue weighted by molar-refractivity contribution is 6.13. The number of anilines is 1. The Bertz CT molecular complexity index is 2390. The Hall–Kier alpha value is -6.52. The number of urea groups is 1. The van der Waals surface area contributed by atoms with Crippen LogP contribution in [0.4, 0.5) is 10.5 Å². The average Bonchev–Trinajstić information content (AvgIpc) is 3.56. The molecule has 10 heteroatoms. The van der Waals surface area contributed by atoms with Crippen LogP contribution in [-0.4, -0.2) is 75.4 Å². The molecule has 2 aliphatic rings. The van der Waals surface area contributed by atoms with E-state index in [9.17, 15) is 19.2 Å². The van der Waals surface area contributed by atoms with Crippen LogP contribution in [0, 0.1) is 0 Å². The highest BCUT2D eigenvalue weighted by atomic mass is 16.2. The lowest BCUT2D eigenvalue weighted by molar-refractivity contribution is -0.157. The summed E-state index contributed by atoms with van der Waals surface area (Å²) in [7, 11) is 0. The zero-order valence-electron chi connectivity index (χ0n) is 31.3. The molecule has 2 N–H and O–H groups in total. The summed E-state index contributed by atoms with van der Waals surface area (Å²) in [4.78, 5) is 59.3. The SMILES string of the molecule is CCCN(C(=O)NCc1ccccc1)N1CC(=O)N2[C@@H](Cc3ccc(NC(=O)c4cccc5ccccc45)cc3)C(=O)N(Cc3cccc4ccccc34)C[C@@H]21. The van der Waals surface area contributed by atoms with Crippen LogP contribution in [0.25, 0.3) is 21.5 Å². The van der Waals surface area contributed by atoms with E-state index in [1.807, 2.05) is 138 Å². The smallest absolute Gasteiger partial charge is 0.332 e. The van der Waals surface area contributed by atoms with Crippen molar-refractivity contribution < 1.29 is 19.2 Å². The Morgan fingerprint density at radius 1 is 0.732 bits per heavy atom. The predicted molar refractivity (Wildman–Crippen MR) is 218 cm³/mol. The number of amides is 5. The van der Waals surface area contributed by atoms with E-state index in [1.165, 1.54) is 0 Å². The van der Waals surface area contributed by atoms with E-state index in [4.69, 9.17) is 0 Å². The normalized spacial score (nSPS) is 16.9. The number of hydrazine groups is 1. The molecule has 6 aromatic carbocycles. The fourth-order valence-electron chi connectivity index (χ4n) is 8.02. The van der Waals surface area contributed by atoms with E-state index >= 15 is 0 Å². The van der Waals surface area contributed by atoms with Gasteiger partial charge in [0.2, 0.25) is 11.8 Å². The first-order valence-corrected chi connectivity index (χ1v) is 19.2. The predicted octanol–water partition coefficient (Wildman–Crippen LogP) is 7.21. The first kappa shape index (κ1) is 36.5. The van der Waals surface area contributed by atoms with Gasteiger partial charge in [-0.3, -0.25) is 19.4 Å². The number of hydrogen-bond acceptors (Lipinski definition) is 5. The third-order valence-corrected chi connectivity index (χ3v) is 10.7. The first-order valence-electron chi connectivity index (χ1n) is 19.2. The summed E-state index contributed by atoms with van der Waals surface area (Å²) < 4.78 is 0. The van der Waals surface area contributed by atoms with Gasteiger partial charge in [-0.15, -0.1) is 0 Å². The van der Waals surface area contributed by atoms with E-state index in [2.05, 4.69) is 28.8 Å². The molecule has 0 radical (unpaired) electrons. The van der Waals surface area contributed by atoms with Gasteiger partial charge in [0, 0.05) is 37.3 Å². The molecule has 2 heterocycles. The molecule has 0 spiro atoms. The minimum atomic E-state index is -0.798. The fourth-order valence-corrected chi connectivity index (χ4v) is 8.02. The van der Waals surface area contributed by atoms with Gasteiger partial charge in [0.25, 0.3) is 5.91 Å². The van der Waals surface area contributed by atoms with Gasteiger partial charge in [0.15, 0.2) is 0 Å². The van der Waals surface area contributed by atoms with Crippen molar-refractivity contribution in [1.29, 1.82) is 0 Å². The van der Waals surface area contributed by atoms with Crippen LogP contribution in [-0.2, 0) is 29.1 Å². The molecule has 6 aromatic rings. The Balaban J connectivity index is 1.06. The Morgan fingerprint density at radius 3 is 2.14 bits per heavy atom. The van der Waals surface area contributed by atoms with E-state index in [1.54, 1.807) is 9.91 Å². The number of carbonyl (C=O) groups is 4. The average molecular weight is 745 g/mol. The topological polar surface area (TPSA) is 105 Å². The molecule has 5 amide bonds. The molecule has 0 saturated carbocycles. The third-order valence-electron chi connectivity index (χ3n) is 10.7. The molecule has 10 nitrogen and oxygen atoms in total. The largest absolute Gasteiger partial charge is 0.333 e. The lowest BCUT2D eigenvalue weighted by atomic mass is 9.98. The van der Waals surface area contributed by atoms with Crippen molar-refractivity contribution in [3.63, 3.8) is 0 Å². The quantitative estimate of drug-likeness (QED) is 0.146. The van der Waals surface area contributed by atoms with Crippen LogP contribution in [0.1, 0.15) is 40.4 Å². The lowest BCUT2D eigenvalue weighted by Crippen LogP contribution is -2.66. The Kier molecular flexibility index (Phi) is 10.5. The van der Waals surface area contributed by atoms with Crippen LogP contribution in [0.3, 0.4) is 0 Å². The van der Waals surface area contributed by atoms with E-state index in [0.717, 1.165) is 38.2 Å². The Morgan fingerprint density at radius 2 is 1.39 bits per heavy atom. The van der Waals surface area contributed by atoms with Crippen molar-refractivity contribution in [2.75, 3.05) is 25.0 Å². The Labute approximate surface area is 326 Å².